The van der Waals surface area contributed by atoms with Crippen molar-refractivity contribution in [1.82, 2.24) is 19.6 Å². The topological polar surface area (TPSA) is 163 Å². The van der Waals surface area contributed by atoms with E-state index in [1.54, 1.807) is 42.2 Å². The van der Waals surface area contributed by atoms with Gasteiger partial charge in [0, 0.05) is 75.0 Å². The van der Waals surface area contributed by atoms with Crippen LogP contribution in [0.5, 0.6) is 0 Å². The normalized spacial score (nSPS) is 18.8. The summed E-state index contributed by atoms with van der Waals surface area (Å²) in [5.74, 6) is -0.639. The first-order chi connectivity index (χ1) is 21.6. The second-order valence-electron chi connectivity index (χ2n) is 11.4. The van der Waals surface area contributed by atoms with Gasteiger partial charge in [0.2, 0.25) is 16.0 Å². The minimum Gasteiger partial charge on any atom is -0.481 e. The fourth-order valence-corrected chi connectivity index (χ4v) is 7.71. The smallest absolute Gasteiger partial charge is 0.305 e. The van der Waals surface area contributed by atoms with Crippen LogP contribution < -0.4 is 20.0 Å². The zero-order chi connectivity index (χ0) is 31.7. The molecule has 45 heavy (non-hydrogen) atoms. The molecule has 0 unspecified atom stereocenters. The summed E-state index contributed by atoms with van der Waals surface area (Å²) in [4.78, 5) is 39.6. The minimum absolute atomic E-state index is 0.00405. The molecule has 2 aromatic carbocycles. The average Bonchev–Trinajstić information content (AvgIpc) is 3.47. The zero-order valence-electron chi connectivity index (χ0n) is 24.9. The lowest BCUT2D eigenvalue weighted by molar-refractivity contribution is -0.137. The Kier molecular flexibility index (Phi) is 8.41. The maximum absolute atomic E-state index is 13.7. The molecule has 1 amide bonds. The lowest BCUT2D eigenvalue weighted by atomic mass is 10.1. The number of nitrogens with zero attached hydrogens (tertiary/aromatic N) is 7. The maximum atomic E-state index is 13.7. The molecule has 0 aliphatic carbocycles. The fourth-order valence-electron chi connectivity index (χ4n) is 6.24. The zero-order valence-corrected chi connectivity index (χ0v) is 25.7. The van der Waals surface area contributed by atoms with Crippen LogP contribution in [-0.4, -0.2) is 98.1 Å². The minimum atomic E-state index is -3.77. The lowest BCUT2D eigenvalue weighted by Crippen LogP contribution is -2.52. The van der Waals surface area contributed by atoms with Gasteiger partial charge in [-0.1, -0.05) is 6.07 Å². The van der Waals surface area contributed by atoms with Gasteiger partial charge in [-0.15, -0.1) is 0 Å². The summed E-state index contributed by atoms with van der Waals surface area (Å²) in [6.45, 7) is 5.41. The predicted octanol–water partition coefficient (Wildman–Crippen LogP) is 1.62. The second-order valence-corrected chi connectivity index (χ2v) is 13.3. The molecule has 14 heteroatoms. The number of rotatable bonds is 7. The van der Waals surface area contributed by atoms with Crippen molar-refractivity contribution < 1.29 is 23.1 Å². The number of carbonyl (C=O) groups excluding carboxylic acids is 1. The van der Waals surface area contributed by atoms with Gasteiger partial charge < -0.3 is 25.1 Å². The standard InChI is InChI=1S/C31H34N8O5S/c1-21-15-24(19-32)35-31(34-21)36-11-13-37(14-12-36)45(43,44)27-5-6-28-22(17-27)7-9-39(28)30(42)23-3-2-4-25(16-23)38-10-8-33-20-26(38)18-29(40)41/h2-6,15-17,26,33H,7-14,18,20H2,1H3,(H,40,41)/t26-/m0/s1. The summed E-state index contributed by atoms with van der Waals surface area (Å²) in [6, 6.07) is 15.6. The number of piperazine rings is 2. The number of benzene rings is 2. The van der Waals surface area contributed by atoms with Crippen molar-refractivity contribution in [2.75, 3.05) is 67.1 Å². The number of anilines is 3. The van der Waals surface area contributed by atoms with Crippen molar-refractivity contribution in [3.05, 3.63) is 71.0 Å². The first-order valence-corrected chi connectivity index (χ1v) is 16.3. The number of hydrogen-bond donors (Lipinski definition) is 2. The molecule has 2 saturated heterocycles. The van der Waals surface area contributed by atoms with E-state index in [-0.39, 0.29) is 42.0 Å². The SMILES string of the molecule is Cc1cc(C#N)nc(N2CCN(S(=O)(=O)c3ccc4c(c3)CCN4C(=O)c3cccc(N4CCNC[C@@H]4CC(=O)O)c3)CC2)n1. The number of carboxylic acids is 1. The van der Waals surface area contributed by atoms with Crippen molar-refractivity contribution in [2.24, 2.45) is 0 Å². The molecule has 0 saturated carbocycles. The predicted molar refractivity (Wildman–Crippen MR) is 167 cm³/mol. The monoisotopic (exact) mass is 630 g/mol. The Bertz CT molecular complexity index is 1780. The van der Waals surface area contributed by atoms with E-state index in [0.717, 1.165) is 17.8 Å². The Morgan fingerprint density at radius 3 is 2.60 bits per heavy atom. The molecule has 1 atom stereocenters. The third-order valence-electron chi connectivity index (χ3n) is 8.49. The van der Waals surface area contributed by atoms with Crippen molar-refractivity contribution in [3.63, 3.8) is 0 Å². The summed E-state index contributed by atoms with van der Waals surface area (Å²) < 4.78 is 28.7. The van der Waals surface area contributed by atoms with E-state index in [2.05, 4.69) is 15.3 Å². The van der Waals surface area contributed by atoms with Crippen molar-refractivity contribution in [1.29, 1.82) is 5.26 Å². The van der Waals surface area contributed by atoms with E-state index in [1.165, 1.54) is 4.31 Å². The van der Waals surface area contributed by atoms with Crippen LogP contribution in [0.25, 0.3) is 0 Å². The van der Waals surface area contributed by atoms with Gasteiger partial charge in [0.1, 0.15) is 11.8 Å². The number of sulfonamides is 1. The van der Waals surface area contributed by atoms with Gasteiger partial charge in [-0.05, 0) is 61.4 Å². The Labute approximate surface area is 261 Å². The Morgan fingerprint density at radius 1 is 1.04 bits per heavy atom. The highest BCUT2D eigenvalue weighted by atomic mass is 32.2. The lowest BCUT2D eigenvalue weighted by Gasteiger charge is -2.37. The van der Waals surface area contributed by atoms with Gasteiger partial charge in [-0.3, -0.25) is 9.59 Å². The van der Waals surface area contributed by atoms with Gasteiger partial charge >= 0.3 is 5.97 Å². The molecule has 0 bridgehead atoms. The fraction of sp³-hybridized carbons (Fsp3) is 0.387. The van der Waals surface area contributed by atoms with Crippen molar-refractivity contribution in [2.45, 2.75) is 30.7 Å². The number of hydrogen-bond acceptors (Lipinski definition) is 10. The van der Waals surface area contributed by atoms with E-state index in [4.69, 9.17) is 0 Å². The molecule has 3 aliphatic heterocycles. The van der Waals surface area contributed by atoms with Crippen LogP contribution in [-0.2, 0) is 21.2 Å². The molecule has 0 spiro atoms. The number of aryl methyl sites for hydroxylation is 1. The number of amides is 1. The molecule has 1 aromatic heterocycles. The molecule has 4 heterocycles. The van der Waals surface area contributed by atoms with E-state index in [9.17, 15) is 28.4 Å². The summed E-state index contributed by atoms with van der Waals surface area (Å²) in [5, 5.41) is 21.8. The van der Waals surface area contributed by atoms with Crippen LogP contribution in [0.15, 0.2) is 53.4 Å². The molecule has 2 N–H and O–H groups in total. The van der Waals surface area contributed by atoms with Crippen molar-refractivity contribution >= 4 is 39.2 Å². The first-order valence-electron chi connectivity index (χ1n) is 14.9. The van der Waals surface area contributed by atoms with Crippen LogP contribution in [0.2, 0.25) is 0 Å². The Balaban J connectivity index is 1.15. The summed E-state index contributed by atoms with van der Waals surface area (Å²) in [5.41, 5.74) is 3.71. The highest BCUT2D eigenvalue weighted by Gasteiger charge is 2.33. The van der Waals surface area contributed by atoms with Crippen LogP contribution in [0.3, 0.4) is 0 Å². The molecule has 2 fully saturated rings. The van der Waals surface area contributed by atoms with Gasteiger partial charge in [-0.25, -0.2) is 18.4 Å². The molecule has 13 nitrogen and oxygen atoms in total. The number of nitriles is 1. The van der Waals surface area contributed by atoms with E-state index < -0.39 is 16.0 Å². The number of carboxylic acid groups (broad SMARTS) is 1. The average molecular weight is 631 g/mol. The first kappa shape index (κ1) is 30.4. The third-order valence-corrected chi connectivity index (χ3v) is 10.4. The summed E-state index contributed by atoms with van der Waals surface area (Å²) >= 11 is 0. The quantitative estimate of drug-likeness (QED) is 0.390. The molecule has 234 valence electrons. The van der Waals surface area contributed by atoms with E-state index >= 15 is 0 Å². The highest BCUT2D eigenvalue weighted by molar-refractivity contribution is 7.89. The van der Waals surface area contributed by atoms with Crippen LogP contribution in [0.1, 0.15) is 33.7 Å². The number of nitrogens with one attached hydrogen (secondary N) is 1. The van der Waals surface area contributed by atoms with Gasteiger partial charge in [0.15, 0.2) is 0 Å². The molecule has 6 rings (SSSR count). The Hall–Kier alpha value is -4.58. The third kappa shape index (κ3) is 6.19. The van der Waals surface area contributed by atoms with Crippen LogP contribution in [0, 0.1) is 18.3 Å². The largest absolute Gasteiger partial charge is 0.481 e. The summed E-state index contributed by atoms with van der Waals surface area (Å²) in [6.07, 6.45) is 0.526. The maximum Gasteiger partial charge on any atom is 0.305 e. The van der Waals surface area contributed by atoms with Gasteiger partial charge in [0.05, 0.1) is 17.4 Å². The van der Waals surface area contributed by atoms with Crippen molar-refractivity contribution in [3.8, 4) is 6.07 Å². The van der Waals surface area contributed by atoms with E-state index in [1.807, 2.05) is 34.1 Å². The molecule has 0 radical (unpaired) electrons. The Morgan fingerprint density at radius 2 is 1.84 bits per heavy atom. The summed E-state index contributed by atoms with van der Waals surface area (Å²) in [7, 11) is -3.77. The molecular formula is C31H34N8O5S. The van der Waals surface area contributed by atoms with Gasteiger partial charge in [-0.2, -0.15) is 9.57 Å². The number of aliphatic carboxylic acids is 1. The van der Waals surface area contributed by atoms with Crippen LogP contribution in [0.4, 0.5) is 17.3 Å². The molecular weight excluding hydrogens is 596 g/mol. The number of fused-ring (bicyclic) bond motifs is 1. The molecule has 3 aliphatic rings. The van der Waals surface area contributed by atoms with Crippen LogP contribution >= 0.6 is 0 Å². The van der Waals surface area contributed by atoms with Gasteiger partial charge in [0.25, 0.3) is 5.91 Å². The highest BCUT2D eigenvalue weighted by Crippen LogP contribution is 2.33. The number of aromatic nitrogens is 2. The second kappa shape index (κ2) is 12.4. The number of carbonyl (C=O) groups is 2. The molecule has 3 aromatic rings. The van der Waals surface area contributed by atoms with E-state index in [0.29, 0.717) is 62.0 Å².